The Morgan fingerprint density at radius 2 is 2.12 bits per heavy atom. The lowest BCUT2D eigenvalue weighted by molar-refractivity contribution is -0.121. The van der Waals surface area contributed by atoms with Crippen molar-refractivity contribution in [3.8, 4) is 11.5 Å². The number of hydrogen-bond donors (Lipinski definition) is 1. The minimum atomic E-state index is 0.138. The average molecular weight is 347 g/mol. The molecule has 2 aliphatic rings. The molecule has 1 atom stereocenters. The highest BCUT2D eigenvalue weighted by atomic mass is 16.5. The number of carbonyl (C=O) groups excluding carboxylic acids is 1. The van der Waals surface area contributed by atoms with E-state index in [0.717, 1.165) is 50.6 Å². The maximum atomic E-state index is 12.1. The molecule has 1 amide bonds. The number of piperazine rings is 1. The van der Waals surface area contributed by atoms with E-state index in [0.29, 0.717) is 25.5 Å². The second-order valence-electron chi connectivity index (χ2n) is 7.05. The molecule has 1 fully saturated rings. The van der Waals surface area contributed by atoms with Crippen LogP contribution in [0, 0.1) is 5.92 Å². The minimum Gasteiger partial charge on any atom is -0.497 e. The molecule has 0 radical (unpaired) electrons. The second-order valence-corrected chi connectivity index (χ2v) is 7.05. The van der Waals surface area contributed by atoms with E-state index in [1.165, 1.54) is 5.56 Å². The molecular weight excluding hydrogens is 318 g/mol. The number of methoxy groups -OCH3 is 1. The van der Waals surface area contributed by atoms with Crippen LogP contribution in [0.2, 0.25) is 0 Å². The highest BCUT2D eigenvalue weighted by Gasteiger charge is 2.21. The normalized spacial score (nSPS) is 21.3. The lowest BCUT2D eigenvalue weighted by Crippen LogP contribution is -2.45. The number of likely N-dealkylation sites (N-methyl/N-ethyl adjacent to an activating group) is 1. The number of ether oxygens (including phenoxy) is 2. The summed E-state index contributed by atoms with van der Waals surface area (Å²) >= 11 is 0. The summed E-state index contributed by atoms with van der Waals surface area (Å²) in [6, 6.07) is 5.94. The number of benzene rings is 1. The standard InChI is InChI=1S/C19H29N3O3/c1-21-7-9-22(10-8-21)6-5-19(23)20-13-15-11-16-3-4-17(24-2)12-18(16)25-14-15/h3-4,12,15H,5-11,13-14H2,1-2H3,(H,20,23). The summed E-state index contributed by atoms with van der Waals surface area (Å²) in [5.41, 5.74) is 1.18. The van der Waals surface area contributed by atoms with Crippen LogP contribution >= 0.6 is 0 Å². The Morgan fingerprint density at radius 3 is 2.88 bits per heavy atom. The summed E-state index contributed by atoms with van der Waals surface area (Å²) in [5, 5.41) is 3.07. The summed E-state index contributed by atoms with van der Waals surface area (Å²) in [6.45, 7) is 6.45. The van der Waals surface area contributed by atoms with Crippen molar-refractivity contribution < 1.29 is 14.3 Å². The molecule has 1 aromatic carbocycles. The van der Waals surface area contributed by atoms with Gasteiger partial charge < -0.3 is 24.6 Å². The third-order valence-corrected chi connectivity index (χ3v) is 5.10. The lowest BCUT2D eigenvalue weighted by Gasteiger charge is -2.32. The smallest absolute Gasteiger partial charge is 0.221 e. The van der Waals surface area contributed by atoms with Crippen molar-refractivity contribution in [2.75, 3.05) is 60.0 Å². The van der Waals surface area contributed by atoms with Gasteiger partial charge in [-0.05, 0) is 25.1 Å². The predicted molar refractivity (Wildman–Crippen MR) is 97.2 cm³/mol. The summed E-state index contributed by atoms with van der Waals surface area (Å²) in [5.74, 6) is 2.18. The zero-order chi connectivity index (χ0) is 17.6. The Hall–Kier alpha value is -1.79. The molecule has 0 bridgehead atoms. The fraction of sp³-hybridized carbons (Fsp3) is 0.632. The molecule has 6 nitrogen and oxygen atoms in total. The summed E-state index contributed by atoms with van der Waals surface area (Å²) < 4.78 is 11.1. The van der Waals surface area contributed by atoms with Crippen LogP contribution in [0.3, 0.4) is 0 Å². The van der Waals surface area contributed by atoms with E-state index in [1.807, 2.05) is 12.1 Å². The topological polar surface area (TPSA) is 54.0 Å². The lowest BCUT2D eigenvalue weighted by atomic mass is 9.96. The van der Waals surface area contributed by atoms with E-state index < -0.39 is 0 Å². The van der Waals surface area contributed by atoms with Gasteiger partial charge in [0.2, 0.25) is 5.91 Å². The van der Waals surface area contributed by atoms with Crippen LogP contribution in [-0.4, -0.2) is 75.7 Å². The van der Waals surface area contributed by atoms with Gasteiger partial charge >= 0.3 is 0 Å². The number of nitrogens with one attached hydrogen (secondary N) is 1. The van der Waals surface area contributed by atoms with E-state index in [4.69, 9.17) is 9.47 Å². The molecule has 0 aliphatic carbocycles. The van der Waals surface area contributed by atoms with Crippen molar-refractivity contribution in [1.82, 2.24) is 15.1 Å². The van der Waals surface area contributed by atoms with Crippen LogP contribution in [0.4, 0.5) is 0 Å². The maximum Gasteiger partial charge on any atom is 0.221 e. The van der Waals surface area contributed by atoms with Gasteiger partial charge in [-0.1, -0.05) is 6.07 Å². The third kappa shape index (κ3) is 5.09. The van der Waals surface area contributed by atoms with Crippen molar-refractivity contribution in [3.63, 3.8) is 0 Å². The van der Waals surface area contributed by atoms with E-state index in [2.05, 4.69) is 28.2 Å². The quantitative estimate of drug-likeness (QED) is 0.832. The number of hydrogen-bond acceptors (Lipinski definition) is 5. The fourth-order valence-electron chi connectivity index (χ4n) is 3.35. The zero-order valence-electron chi connectivity index (χ0n) is 15.3. The van der Waals surface area contributed by atoms with Gasteiger partial charge in [0.1, 0.15) is 11.5 Å². The molecule has 1 unspecified atom stereocenters. The van der Waals surface area contributed by atoms with Gasteiger partial charge in [-0.2, -0.15) is 0 Å². The molecule has 1 aromatic rings. The van der Waals surface area contributed by atoms with Gasteiger partial charge in [0.15, 0.2) is 0 Å². The Morgan fingerprint density at radius 1 is 1.32 bits per heavy atom. The van der Waals surface area contributed by atoms with Crippen molar-refractivity contribution in [3.05, 3.63) is 23.8 Å². The van der Waals surface area contributed by atoms with Gasteiger partial charge in [0.25, 0.3) is 0 Å². The van der Waals surface area contributed by atoms with Crippen molar-refractivity contribution in [2.24, 2.45) is 5.92 Å². The molecule has 3 rings (SSSR count). The van der Waals surface area contributed by atoms with Crippen molar-refractivity contribution in [2.45, 2.75) is 12.8 Å². The van der Waals surface area contributed by atoms with E-state index in [1.54, 1.807) is 7.11 Å². The first-order valence-electron chi connectivity index (χ1n) is 9.11. The Kier molecular flexibility index (Phi) is 6.15. The number of fused-ring (bicyclic) bond motifs is 1. The maximum absolute atomic E-state index is 12.1. The van der Waals surface area contributed by atoms with E-state index in [9.17, 15) is 4.79 Å². The Bertz CT molecular complexity index is 585. The average Bonchev–Trinajstić information content (AvgIpc) is 2.65. The van der Waals surface area contributed by atoms with Gasteiger partial charge in [-0.15, -0.1) is 0 Å². The molecule has 0 aromatic heterocycles. The zero-order valence-corrected chi connectivity index (χ0v) is 15.3. The van der Waals surface area contributed by atoms with Gasteiger partial charge in [-0.3, -0.25) is 4.79 Å². The Labute approximate surface area is 150 Å². The molecule has 0 saturated carbocycles. The van der Waals surface area contributed by atoms with E-state index >= 15 is 0 Å². The molecular formula is C19H29N3O3. The Balaban J connectivity index is 1.38. The third-order valence-electron chi connectivity index (χ3n) is 5.10. The molecule has 138 valence electrons. The number of nitrogens with zero attached hydrogens (tertiary/aromatic N) is 2. The van der Waals surface area contributed by atoms with Crippen LogP contribution in [0.25, 0.3) is 0 Å². The van der Waals surface area contributed by atoms with Crippen molar-refractivity contribution in [1.29, 1.82) is 0 Å². The van der Waals surface area contributed by atoms with Crippen LogP contribution in [0.1, 0.15) is 12.0 Å². The van der Waals surface area contributed by atoms with Crippen LogP contribution in [-0.2, 0) is 11.2 Å². The molecule has 1 saturated heterocycles. The van der Waals surface area contributed by atoms with Crippen molar-refractivity contribution >= 4 is 5.91 Å². The largest absolute Gasteiger partial charge is 0.497 e. The van der Waals surface area contributed by atoms with Crippen LogP contribution < -0.4 is 14.8 Å². The van der Waals surface area contributed by atoms with Gasteiger partial charge in [0, 0.05) is 57.7 Å². The summed E-state index contributed by atoms with van der Waals surface area (Å²) in [4.78, 5) is 16.8. The first-order chi connectivity index (χ1) is 12.1. The molecule has 6 heteroatoms. The molecule has 1 N–H and O–H groups in total. The number of rotatable bonds is 6. The number of amides is 1. The number of carbonyl (C=O) groups is 1. The SMILES string of the molecule is COc1ccc2c(c1)OCC(CNC(=O)CCN1CCN(C)CC1)C2. The fourth-order valence-corrected chi connectivity index (χ4v) is 3.35. The highest BCUT2D eigenvalue weighted by molar-refractivity contribution is 5.76. The molecule has 2 heterocycles. The highest BCUT2D eigenvalue weighted by Crippen LogP contribution is 2.30. The summed E-state index contributed by atoms with van der Waals surface area (Å²) in [6.07, 6.45) is 1.50. The van der Waals surface area contributed by atoms with Gasteiger partial charge in [0.05, 0.1) is 13.7 Å². The molecule has 2 aliphatic heterocycles. The predicted octanol–water partition coefficient (Wildman–Crippen LogP) is 1.00. The molecule has 25 heavy (non-hydrogen) atoms. The van der Waals surface area contributed by atoms with Gasteiger partial charge in [-0.25, -0.2) is 0 Å². The van der Waals surface area contributed by atoms with Crippen LogP contribution in [0.15, 0.2) is 18.2 Å². The first kappa shape index (κ1) is 18.0. The van der Waals surface area contributed by atoms with E-state index in [-0.39, 0.29) is 5.91 Å². The minimum absolute atomic E-state index is 0.138. The second kappa shape index (κ2) is 8.54. The first-order valence-corrected chi connectivity index (χ1v) is 9.11. The van der Waals surface area contributed by atoms with Crippen LogP contribution in [0.5, 0.6) is 11.5 Å². The molecule has 0 spiro atoms. The summed E-state index contributed by atoms with van der Waals surface area (Å²) in [7, 11) is 3.80. The monoisotopic (exact) mass is 347 g/mol.